The molecule has 1 aliphatic heterocycles. The monoisotopic (exact) mass is 367 g/mol. The molecule has 0 radical (unpaired) electrons. The zero-order chi connectivity index (χ0) is 14.7. The molecule has 0 bridgehead atoms. The summed E-state index contributed by atoms with van der Waals surface area (Å²) in [5, 5.41) is 0.591. The van der Waals surface area contributed by atoms with Crippen LogP contribution in [0, 0.1) is 0 Å². The minimum absolute atomic E-state index is 0.293. The van der Waals surface area contributed by atoms with E-state index in [1.165, 1.54) is 6.33 Å². The van der Waals surface area contributed by atoms with Crippen LogP contribution >= 0.6 is 27.5 Å². The number of hydrogen-bond donors (Lipinski definition) is 0. The van der Waals surface area contributed by atoms with E-state index in [-0.39, 0.29) is 0 Å². The summed E-state index contributed by atoms with van der Waals surface area (Å²) in [5.41, 5.74) is 0. The second kappa shape index (κ2) is 6.62. The van der Waals surface area contributed by atoms with Crippen LogP contribution in [0.15, 0.2) is 41.3 Å². The summed E-state index contributed by atoms with van der Waals surface area (Å²) in [6, 6.07) is 8.16. The first-order valence-corrected chi connectivity index (χ1v) is 8.01. The van der Waals surface area contributed by atoms with Gasteiger partial charge in [-0.2, -0.15) is 0 Å². The molecule has 21 heavy (non-hydrogen) atoms. The molecule has 1 aromatic heterocycles. The average molecular weight is 369 g/mol. The van der Waals surface area contributed by atoms with Gasteiger partial charge >= 0.3 is 0 Å². The van der Waals surface area contributed by atoms with E-state index in [4.69, 9.17) is 16.3 Å². The molecule has 1 aromatic carbocycles. The van der Waals surface area contributed by atoms with Crippen LogP contribution in [-0.2, 0) is 0 Å². The van der Waals surface area contributed by atoms with Crippen molar-refractivity contribution in [2.24, 2.45) is 0 Å². The molecule has 0 aliphatic carbocycles. The molecule has 0 unspecified atom stereocenters. The van der Waals surface area contributed by atoms with Crippen molar-refractivity contribution in [2.45, 2.75) is 18.9 Å². The van der Waals surface area contributed by atoms with Crippen LogP contribution in [0.1, 0.15) is 12.8 Å². The number of halogens is 2. The van der Waals surface area contributed by atoms with Crippen molar-refractivity contribution in [2.75, 3.05) is 18.1 Å². The van der Waals surface area contributed by atoms with E-state index in [2.05, 4.69) is 30.8 Å². The summed E-state index contributed by atoms with van der Waals surface area (Å²) in [7, 11) is 0. The first kappa shape index (κ1) is 14.6. The predicted octanol–water partition coefficient (Wildman–Crippen LogP) is 3.94. The van der Waals surface area contributed by atoms with E-state index < -0.39 is 0 Å². The quantitative estimate of drug-likeness (QED) is 0.819. The Morgan fingerprint density at radius 2 is 2.14 bits per heavy atom. The van der Waals surface area contributed by atoms with Crippen LogP contribution in [0.25, 0.3) is 0 Å². The number of aromatic nitrogens is 2. The first-order valence-electron chi connectivity index (χ1n) is 6.84. The Morgan fingerprint density at radius 1 is 1.33 bits per heavy atom. The van der Waals surface area contributed by atoms with Gasteiger partial charge in [-0.05, 0) is 37.1 Å². The second-order valence-corrected chi connectivity index (χ2v) is 6.27. The van der Waals surface area contributed by atoms with E-state index in [0.29, 0.717) is 17.7 Å². The van der Waals surface area contributed by atoms with E-state index in [0.717, 1.165) is 35.4 Å². The first-order chi connectivity index (χ1) is 10.2. The van der Waals surface area contributed by atoms with Gasteiger partial charge in [-0.25, -0.2) is 9.97 Å². The molecule has 0 spiro atoms. The van der Waals surface area contributed by atoms with Gasteiger partial charge in [0.25, 0.3) is 0 Å². The van der Waals surface area contributed by atoms with Gasteiger partial charge in [-0.1, -0.05) is 27.5 Å². The van der Waals surface area contributed by atoms with Crippen LogP contribution in [0.5, 0.6) is 5.75 Å². The lowest BCUT2D eigenvalue weighted by Crippen LogP contribution is -2.35. The molecule has 1 fully saturated rings. The average Bonchev–Trinajstić information content (AvgIpc) is 2.95. The molecule has 1 saturated heterocycles. The van der Waals surface area contributed by atoms with Gasteiger partial charge in [0.2, 0.25) is 0 Å². The predicted molar refractivity (Wildman–Crippen MR) is 87.0 cm³/mol. The lowest BCUT2D eigenvalue weighted by Gasteiger charge is -2.26. The maximum Gasteiger partial charge on any atom is 0.151 e. The van der Waals surface area contributed by atoms with Crippen molar-refractivity contribution < 1.29 is 4.74 Å². The van der Waals surface area contributed by atoms with E-state index in [9.17, 15) is 0 Å². The van der Waals surface area contributed by atoms with E-state index in [1.807, 2.05) is 24.3 Å². The maximum atomic E-state index is 6.19. The van der Waals surface area contributed by atoms with Gasteiger partial charge < -0.3 is 9.64 Å². The topological polar surface area (TPSA) is 38.2 Å². The molecule has 0 saturated carbocycles. The summed E-state index contributed by atoms with van der Waals surface area (Å²) in [4.78, 5) is 10.4. The zero-order valence-corrected chi connectivity index (χ0v) is 13.7. The van der Waals surface area contributed by atoms with Gasteiger partial charge in [0.15, 0.2) is 5.82 Å². The Bertz CT molecular complexity index is 608. The standard InChI is InChI=1S/C15H15BrClN3O/c16-11-3-5-13(6-4-11)21-9-12-2-1-7-20(12)15-14(17)8-18-10-19-15/h3-6,8,10,12H,1-2,7,9H2/t12-/m0/s1. The van der Waals surface area contributed by atoms with Crippen molar-refractivity contribution in [3.05, 3.63) is 46.3 Å². The summed E-state index contributed by atoms with van der Waals surface area (Å²) in [5.74, 6) is 1.67. The number of ether oxygens (including phenoxy) is 1. The third-order valence-electron chi connectivity index (χ3n) is 3.55. The minimum atomic E-state index is 0.293. The number of hydrogen-bond acceptors (Lipinski definition) is 4. The number of benzene rings is 1. The highest BCUT2D eigenvalue weighted by Crippen LogP contribution is 2.29. The number of anilines is 1. The fourth-order valence-corrected chi connectivity index (χ4v) is 3.01. The highest BCUT2D eigenvalue weighted by molar-refractivity contribution is 9.10. The van der Waals surface area contributed by atoms with Crippen molar-refractivity contribution in [1.82, 2.24) is 9.97 Å². The largest absolute Gasteiger partial charge is 0.491 e. The molecular formula is C15H15BrClN3O. The highest BCUT2D eigenvalue weighted by Gasteiger charge is 2.27. The van der Waals surface area contributed by atoms with E-state index in [1.54, 1.807) is 6.20 Å². The minimum Gasteiger partial charge on any atom is -0.491 e. The summed E-state index contributed by atoms with van der Waals surface area (Å²) >= 11 is 9.61. The maximum absolute atomic E-state index is 6.19. The third kappa shape index (κ3) is 3.47. The summed E-state index contributed by atoms with van der Waals surface area (Å²) in [6.07, 6.45) is 5.37. The summed E-state index contributed by atoms with van der Waals surface area (Å²) in [6.45, 7) is 1.58. The number of rotatable bonds is 4. The molecule has 1 atom stereocenters. The normalized spacial score (nSPS) is 18.0. The van der Waals surface area contributed by atoms with Crippen LogP contribution < -0.4 is 9.64 Å². The Labute approximate surface area is 137 Å². The zero-order valence-electron chi connectivity index (χ0n) is 11.4. The Hall–Kier alpha value is -1.33. The highest BCUT2D eigenvalue weighted by atomic mass is 79.9. The van der Waals surface area contributed by atoms with Crippen molar-refractivity contribution in [3.8, 4) is 5.75 Å². The molecule has 110 valence electrons. The fourth-order valence-electron chi connectivity index (χ4n) is 2.53. The Kier molecular flexibility index (Phi) is 4.60. The Morgan fingerprint density at radius 3 is 2.90 bits per heavy atom. The van der Waals surface area contributed by atoms with Gasteiger partial charge in [0, 0.05) is 11.0 Å². The van der Waals surface area contributed by atoms with Crippen molar-refractivity contribution in [1.29, 1.82) is 0 Å². The molecule has 1 aliphatic rings. The lowest BCUT2D eigenvalue weighted by atomic mass is 10.2. The molecule has 2 aromatic rings. The van der Waals surface area contributed by atoms with Crippen LogP contribution in [-0.4, -0.2) is 29.2 Å². The van der Waals surface area contributed by atoms with Crippen LogP contribution in [0.2, 0.25) is 5.02 Å². The van der Waals surface area contributed by atoms with Gasteiger partial charge in [-0.3, -0.25) is 0 Å². The molecule has 6 heteroatoms. The SMILES string of the molecule is Clc1cncnc1N1CCC[C@H]1COc1ccc(Br)cc1. The number of nitrogens with zero attached hydrogens (tertiary/aromatic N) is 3. The smallest absolute Gasteiger partial charge is 0.151 e. The molecule has 0 amide bonds. The fraction of sp³-hybridized carbons (Fsp3) is 0.333. The molecule has 3 rings (SSSR count). The van der Waals surface area contributed by atoms with E-state index >= 15 is 0 Å². The molecule has 2 heterocycles. The Balaban J connectivity index is 1.67. The van der Waals surface area contributed by atoms with Gasteiger partial charge in [-0.15, -0.1) is 0 Å². The molecular weight excluding hydrogens is 354 g/mol. The van der Waals surface area contributed by atoms with Gasteiger partial charge in [0.05, 0.1) is 12.2 Å². The van der Waals surface area contributed by atoms with Crippen LogP contribution in [0.3, 0.4) is 0 Å². The van der Waals surface area contributed by atoms with Crippen LogP contribution in [0.4, 0.5) is 5.82 Å². The van der Waals surface area contributed by atoms with Gasteiger partial charge in [0.1, 0.15) is 23.7 Å². The second-order valence-electron chi connectivity index (χ2n) is 4.95. The van der Waals surface area contributed by atoms with Crippen molar-refractivity contribution in [3.63, 3.8) is 0 Å². The molecule has 4 nitrogen and oxygen atoms in total. The van der Waals surface area contributed by atoms with Crippen molar-refractivity contribution >= 4 is 33.3 Å². The third-order valence-corrected chi connectivity index (χ3v) is 4.35. The molecule has 0 N–H and O–H groups in total. The summed E-state index contributed by atoms with van der Waals surface area (Å²) < 4.78 is 6.93. The lowest BCUT2D eigenvalue weighted by molar-refractivity contribution is 0.288.